The molecule has 1 aromatic heterocycles. The van der Waals surface area contributed by atoms with Crippen molar-refractivity contribution >= 4 is 16.6 Å². The first-order valence-corrected chi connectivity index (χ1v) is 7.39. The topological polar surface area (TPSA) is 48.1 Å². The van der Waals surface area contributed by atoms with E-state index in [-0.39, 0.29) is 5.56 Å². The van der Waals surface area contributed by atoms with Crippen LogP contribution in [-0.2, 0) is 0 Å². The zero-order valence-electron chi connectivity index (χ0n) is 11.9. The van der Waals surface area contributed by atoms with Gasteiger partial charge in [0, 0.05) is 24.5 Å². The Morgan fingerprint density at radius 2 is 2.20 bits per heavy atom. The van der Waals surface area contributed by atoms with Gasteiger partial charge in [0.2, 0.25) is 0 Å². The van der Waals surface area contributed by atoms with E-state index < -0.39 is 0 Å². The summed E-state index contributed by atoms with van der Waals surface area (Å²) in [5, 5.41) is 5.20. The van der Waals surface area contributed by atoms with Crippen molar-refractivity contribution in [2.24, 2.45) is 0 Å². The molecule has 0 saturated carbocycles. The van der Waals surface area contributed by atoms with Crippen molar-refractivity contribution in [2.45, 2.75) is 25.8 Å². The molecule has 2 N–H and O–H groups in total. The highest BCUT2D eigenvalue weighted by Gasteiger charge is 2.21. The molecule has 4 nitrogen and oxygen atoms in total. The van der Waals surface area contributed by atoms with E-state index in [1.54, 1.807) is 0 Å². The van der Waals surface area contributed by atoms with Crippen molar-refractivity contribution in [1.29, 1.82) is 0 Å². The molecule has 0 bridgehead atoms. The van der Waals surface area contributed by atoms with E-state index in [9.17, 15) is 4.79 Å². The minimum atomic E-state index is 0.000295. The van der Waals surface area contributed by atoms with Gasteiger partial charge in [0.05, 0.1) is 0 Å². The Labute approximate surface area is 118 Å². The summed E-state index contributed by atoms with van der Waals surface area (Å²) in [5.41, 5.74) is 0.000295. The number of anilines is 1. The number of H-pyrrole nitrogens is 1. The highest BCUT2D eigenvalue weighted by molar-refractivity contribution is 5.83. The number of hydrogen-bond donors (Lipinski definition) is 2. The number of pyridine rings is 1. The van der Waals surface area contributed by atoms with Crippen LogP contribution in [-0.4, -0.2) is 30.7 Å². The second-order valence-corrected chi connectivity index (χ2v) is 5.36. The van der Waals surface area contributed by atoms with Gasteiger partial charge in [-0.15, -0.1) is 0 Å². The molecule has 106 valence electrons. The highest BCUT2D eigenvalue weighted by atomic mass is 16.1. The van der Waals surface area contributed by atoms with E-state index >= 15 is 0 Å². The van der Waals surface area contributed by atoms with Crippen LogP contribution in [0.2, 0.25) is 0 Å². The molecule has 1 aromatic carbocycles. The number of hydrogen-bond acceptors (Lipinski definition) is 3. The Bertz CT molecular complexity index is 643. The van der Waals surface area contributed by atoms with Crippen LogP contribution in [0.25, 0.3) is 10.8 Å². The SMILES string of the molecule is CCN(c1cc2ccccc2c(=O)[nH]1)C1CCCNC1. The molecular weight excluding hydrogens is 250 g/mol. The molecule has 4 heteroatoms. The lowest BCUT2D eigenvalue weighted by Gasteiger charge is -2.35. The number of nitrogens with one attached hydrogen (secondary N) is 2. The van der Waals surface area contributed by atoms with Gasteiger partial charge in [-0.25, -0.2) is 0 Å². The third kappa shape index (κ3) is 2.43. The van der Waals surface area contributed by atoms with Crippen LogP contribution in [0.1, 0.15) is 19.8 Å². The van der Waals surface area contributed by atoms with Gasteiger partial charge in [-0.3, -0.25) is 4.79 Å². The minimum absolute atomic E-state index is 0.000295. The summed E-state index contributed by atoms with van der Waals surface area (Å²) in [7, 11) is 0. The zero-order valence-corrected chi connectivity index (χ0v) is 11.9. The van der Waals surface area contributed by atoms with Gasteiger partial charge >= 0.3 is 0 Å². The number of aromatic amines is 1. The van der Waals surface area contributed by atoms with Gasteiger partial charge in [-0.1, -0.05) is 18.2 Å². The van der Waals surface area contributed by atoms with E-state index in [1.807, 2.05) is 24.3 Å². The maximum Gasteiger partial charge on any atom is 0.257 e. The average Bonchev–Trinajstić information content (AvgIpc) is 2.49. The predicted molar refractivity (Wildman–Crippen MR) is 83.5 cm³/mol. The largest absolute Gasteiger partial charge is 0.354 e. The average molecular weight is 271 g/mol. The van der Waals surface area contributed by atoms with Crippen LogP contribution in [0.15, 0.2) is 35.1 Å². The van der Waals surface area contributed by atoms with E-state index in [0.717, 1.165) is 36.2 Å². The molecule has 2 heterocycles. The lowest BCUT2D eigenvalue weighted by Crippen LogP contribution is -2.46. The Hall–Kier alpha value is -1.81. The van der Waals surface area contributed by atoms with Crippen LogP contribution in [0, 0.1) is 0 Å². The summed E-state index contributed by atoms with van der Waals surface area (Å²) >= 11 is 0. The molecule has 1 atom stereocenters. The molecule has 20 heavy (non-hydrogen) atoms. The van der Waals surface area contributed by atoms with Gasteiger partial charge in [0.15, 0.2) is 0 Å². The number of fused-ring (bicyclic) bond motifs is 1. The standard InChI is InChI=1S/C16H21N3O/c1-2-19(13-7-5-9-17-11-13)15-10-12-6-3-4-8-14(12)16(20)18-15/h3-4,6,8,10,13,17H,2,5,7,9,11H2,1H3,(H,18,20). The lowest BCUT2D eigenvalue weighted by atomic mass is 10.1. The number of likely N-dealkylation sites (N-methyl/N-ethyl adjacent to an activating group) is 1. The predicted octanol–water partition coefficient (Wildman–Crippen LogP) is 2.11. The van der Waals surface area contributed by atoms with Gasteiger partial charge in [-0.2, -0.15) is 0 Å². The number of rotatable bonds is 3. The summed E-state index contributed by atoms with van der Waals surface area (Å²) in [6.07, 6.45) is 2.37. The lowest BCUT2D eigenvalue weighted by molar-refractivity contribution is 0.433. The third-order valence-corrected chi connectivity index (χ3v) is 4.10. The monoisotopic (exact) mass is 271 g/mol. The van der Waals surface area contributed by atoms with E-state index in [0.29, 0.717) is 6.04 Å². The first-order valence-electron chi connectivity index (χ1n) is 7.39. The van der Waals surface area contributed by atoms with Crippen molar-refractivity contribution in [3.63, 3.8) is 0 Å². The molecule has 3 rings (SSSR count). The molecule has 1 unspecified atom stereocenters. The molecule has 1 aliphatic rings. The van der Waals surface area contributed by atoms with Gasteiger partial charge < -0.3 is 15.2 Å². The highest BCUT2D eigenvalue weighted by Crippen LogP contribution is 2.20. The first-order chi connectivity index (χ1) is 9.79. The molecule has 0 radical (unpaired) electrons. The summed E-state index contributed by atoms with van der Waals surface area (Å²) < 4.78 is 0. The van der Waals surface area contributed by atoms with Crippen molar-refractivity contribution < 1.29 is 0 Å². The molecule has 2 aromatic rings. The van der Waals surface area contributed by atoms with Crippen LogP contribution in [0.5, 0.6) is 0 Å². The van der Waals surface area contributed by atoms with Crippen LogP contribution in [0.4, 0.5) is 5.82 Å². The molecule has 1 saturated heterocycles. The van der Waals surface area contributed by atoms with Crippen LogP contribution < -0.4 is 15.8 Å². The van der Waals surface area contributed by atoms with Crippen molar-refractivity contribution in [3.8, 4) is 0 Å². The number of aromatic nitrogens is 1. The normalized spacial score (nSPS) is 19.1. The maximum atomic E-state index is 12.2. The summed E-state index contributed by atoms with van der Waals surface area (Å²) in [5.74, 6) is 0.935. The van der Waals surface area contributed by atoms with Gasteiger partial charge in [-0.05, 0) is 43.8 Å². The fraction of sp³-hybridized carbons (Fsp3) is 0.438. The second kappa shape index (κ2) is 5.67. The van der Waals surface area contributed by atoms with E-state index in [2.05, 4.69) is 28.2 Å². The smallest absolute Gasteiger partial charge is 0.257 e. The number of piperidine rings is 1. The number of nitrogens with zero attached hydrogens (tertiary/aromatic N) is 1. The summed E-state index contributed by atoms with van der Waals surface area (Å²) in [6, 6.07) is 10.3. The molecular formula is C16H21N3O. The number of benzene rings is 1. The second-order valence-electron chi connectivity index (χ2n) is 5.36. The van der Waals surface area contributed by atoms with Crippen LogP contribution >= 0.6 is 0 Å². The summed E-state index contributed by atoms with van der Waals surface area (Å²) in [6.45, 7) is 5.13. The van der Waals surface area contributed by atoms with E-state index in [1.165, 1.54) is 12.8 Å². The Morgan fingerprint density at radius 1 is 1.35 bits per heavy atom. The maximum absolute atomic E-state index is 12.2. The van der Waals surface area contributed by atoms with Crippen molar-refractivity contribution in [1.82, 2.24) is 10.3 Å². The Morgan fingerprint density at radius 3 is 2.95 bits per heavy atom. The Balaban J connectivity index is 2.01. The minimum Gasteiger partial charge on any atom is -0.354 e. The molecule has 0 spiro atoms. The Kier molecular flexibility index (Phi) is 3.74. The zero-order chi connectivity index (χ0) is 13.9. The van der Waals surface area contributed by atoms with Crippen molar-refractivity contribution in [2.75, 3.05) is 24.5 Å². The van der Waals surface area contributed by atoms with Crippen LogP contribution in [0.3, 0.4) is 0 Å². The quantitative estimate of drug-likeness (QED) is 0.899. The van der Waals surface area contributed by atoms with Crippen molar-refractivity contribution in [3.05, 3.63) is 40.7 Å². The fourth-order valence-corrected chi connectivity index (χ4v) is 3.08. The van der Waals surface area contributed by atoms with Gasteiger partial charge in [0.1, 0.15) is 5.82 Å². The van der Waals surface area contributed by atoms with Gasteiger partial charge in [0.25, 0.3) is 5.56 Å². The molecule has 1 fully saturated rings. The summed E-state index contributed by atoms with van der Waals surface area (Å²) in [4.78, 5) is 17.6. The third-order valence-electron chi connectivity index (χ3n) is 4.10. The fourth-order valence-electron chi connectivity index (χ4n) is 3.08. The molecule has 0 amide bonds. The molecule has 1 aliphatic heterocycles. The van der Waals surface area contributed by atoms with E-state index in [4.69, 9.17) is 0 Å². The molecule has 0 aliphatic carbocycles. The first kappa shape index (κ1) is 13.2.